The second-order valence-corrected chi connectivity index (χ2v) is 4.71. The van der Waals surface area contributed by atoms with Crippen LogP contribution in [0.4, 0.5) is 0 Å². The fourth-order valence-electron chi connectivity index (χ4n) is 1.16. The van der Waals surface area contributed by atoms with E-state index in [1.165, 1.54) is 11.8 Å². The van der Waals surface area contributed by atoms with Crippen molar-refractivity contribution in [2.75, 3.05) is 6.26 Å². The highest BCUT2D eigenvalue weighted by Gasteiger charge is 2.15. The molecule has 0 aliphatic heterocycles. The van der Waals surface area contributed by atoms with E-state index in [-0.39, 0.29) is 31.8 Å². The number of H-pyrrole nitrogens is 1. The molecule has 2 heterocycles. The van der Waals surface area contributed by atoms with Crippen molar-refractivity contribution in [2.24, 2.45) is 0 Å². The maximum Gasteiger partial charge on any atom is 0.262 e. The van der Waals surface area contributed by atoms with Gasteiger partial charge in [-0.15, -0.1) is 0 Å². The fourth-order valence-corrected chi connectivity index (χ4v) is 2.15. The minimum Gasteiger partial charge on any atom is -0.301 e. The molecule has 16 heavy (non-hydrogen) atoms. The van der Waals surface area contributed by atoms with Crippen molar-refractivity contribution in [3.63, 3.8) is 0 Å². The van der Waals surface area contributed by atoms with Gasteiger partial charge in [0.2, 0.25) is 0 Å². The third-order valence-corrected chi connectivity index (χ3v) is 3.66. The first-order chi connectivity index (χ1) is 7.54. The lowest BCUT2D eigenvalue weighted by Gasteiger charge is -2.03. The minimum atomic E-state index is -0.384. The Morgan fingerprint density at radius 2 is 1.88 bits per heavy atom. The highest BCUT2D eigenvalue weighted by molar-refractivity contribution is 7.98. The number of fused-ring (bicyclic) bond motifs is 1. The summed E-state index contributed by atoms with van der Waals surface area (Å²) < 4.78 is 0. The molecule has 0 aromatic carbocycles. The number of hydrogen-bond acceptors (Lipinski definition) is 4. The lowest BCUT2D eigenvalue weighted by molar-refractivity contribution is 0.964. The van der Waals surface area contributed by atoms with Crippen LogP contribution >= 0.6 is 46.6 Å². The molecule has 1 N–H and O–H groups in total. The average Bonchev–Trinajstić information content (AvgIpc) is 2.25. The molecule has 0 saturated carbocycles. The Hall–Kier alpha value is -0.490. The predicted molar refractivity (Wildman–Crippen MR) is 67.0 cm³/mol. The molecule has 0 spiro atoms. The monoisotopic (exact) mass is 295 g/mol. The van der Waals surface area contributed by atoms with Crippen LogP contribution in [0.2, 0.25) is 15.2 Å². The fraction of sp³-hybridized carbons (Fsp3) is 0.125. The molecule has 0 fully saturated rings. The Labute approximate surface area is 109 Å². The average molecular weight is 297 g/mol. The summed E-state index contributed by atoms with van der Waals surface area (Å²) in [7, 11) is 0. The van der Waals surface area contributed by atoms with Gasteiger partial charge < -0.3 is 4.98 Å². The quantitative estimate of drug-likeness (QED) is 0.499. The van der Waals surface area contributed by atoms with E-state index in [1.54, 1.807) is 6.26 Å². The number of nitrogens with zero attached hydrogens (tertiary/aromatic N) is 2. The second kappa shape index (κ2) is 4.41. The Balaban J connectivity index is 2.96. The standard InChI is InChI=1S/C8H4Cl3N3OS/c1-16-8-13-6-2(7(15)14-8)3(9)4(10)5(11)12-6/h1H3,(H,12,13,14,15). The van der Waals surface area contributed by atoms with Crippen LogP contribution in [-0.2, 0) is 0 Å². The van der Waals surface area contributed by atoms with Crippen molar-refractivity contribution in [2.45, 2.75) is 5.16 Å². The third kappa shape index (κ3) is 1.88. The van der Waals surface area contributed by atoms with Crippen molar-refractivity contribution >= 4 is 57.6 Å². The molecular formula is C8H4Cl3N3OS. The van der Waals surface area contributed by atoms with Crippen LogP contribution in [0, 0.1) is 0 Å². The van der Waals surface area contributed by atoms with Gasteiger partial charge in [-0.2, -0.15) is 0 Å². The lowest BCUT2D eigenvalue weighted by Crippen LogP contribution is -2.10. The Morgan fingerprint density at radius 3 is 2.50 bits per heavy atom. The first-order valence-electron chi connectivity index (χ1n) is 4.03. The Bertz CT molecular complexity index is 628. The van der Waals surface area contributed by atoms with E-state index in [4.69, 9.17) is 34.8 Å². The Morgan fingerprint density at radius 1 is 1.19 bits per heavy atom. The van der Waals surface area contributed by atoms with E-state index >= 15 is 0 Å². The van der Waals surface area contributed by atoms with Crippen molar-refractivity contribution in [1.82, 2.24) is 15.0 Å². The summed E-state index contributed by atoms with van der Waals surface area (Å²) in [5.41, 5.74) is -0.196. The lowest BCUT2D eigenvalue weighted by atomic mass is 10.3. The molecule has 2 aromatic heterocycles. The van der Waals surface area contributed by atoms with E-state index in [2.05, 4.69) is 15.0 Å². The number of aromatic nitrogens is 3. The maximum atomic E-state index is 11.7. The van der Waals surface area contributed by atoms with E-state index in [0.717, 1.165) is 0 Å². The number of hydrogen-bond donors (Lipinski definition) is 1. The molecule has 8 heteroatoms. The number of pyridine rings is 1. The summed E-state index contributed by atoms with van der Waals surface area (Å²) in [5, 5.41) is 0.746. The molecule has 0 saturated heterocycles. The number of thioether (sulfide) groups is 1. The topological polar surface area (TPSA) is 58.6 Å². The molecule has 0 atom stereocenters. The smallest absolute Gasteiger partial charge is 0.262 e. The van der Waals surface area contributed by atoms with Crippen molar-refractivity contribution in [3.05, 3.63) is 25.6 Å². The summed E-state index contributed by atoms with van der Waals surface area (Å²) >= 11 is 18.7. The van der Waals surface area contributed by atoms with E-state index in [0.29, 0.717) is 5.16 Å². The number of rotatable bonds is 1. The van der Waals surface area contributed by atoms with E-state index in [9.17, 15) is 4.79 Å². The predicted octanol–water partition coefficient (Wildman–Crippen LogP) is 3.00. The minimum absolute atomic E-state index is 0.0318. The van der Waals surface area contributed by atoms with Gasteiger partial charge in [0.1, 0.15) is 5.39 Å². The molecule has 0 amide bonds. The van der Waals surface area contributed by atoms with Crippen LogP contribution in [-0.4, -0.2) is 21.2 Å². The van der Waals surface area contributed by atoms with Crippen LogP contribution in [0.3, 0.4) is 0 Å². The number of aromatic amines is 1. The van der Waals surface area contributed by atoms with Gasteiger partial charge in [0, 0.05) is 0 Å². The van der Waals surface area contributed by atoms with Gasteiger partial charge in [-0.05, 0) is 6.26 Å². The van der Waals surface area contributed by atoms with Crippen molar-refractivity contribution in [3.8, 4) is 0 Å². The normalized spacial score (nSPS) is 11.0. The SMILES string of the molecule is CSc1nc2nc(Cl)c(Cl)c(Cl)c2c(=O)[nH]1. The molecule has 0 bridgehead atoms. The third-order valence-electron chi connectivity index (χ3n) is 1.87. The first-order valence-corrected chi connectivity index (χ1v) is 6.39. The highest BCUT2D eigenvalue weighted by Crippen LogP contribution is 2.32. The van der Waals surface area contributed by atoms with Gasteiger partial charge in [-0.25, -0.2) is 9.97 Å². The van der Waals surface area contributed by atoms with Crippen LogP contribution in [0.25, 0.3) is 11.0 Å². The van der Waals surface area contributed by atoms with Crippen LogP contribution in [0.1, 0.15) is 0 Å². The van der Waals surface area contributed by atoms with Gasteiger partial charge >= 0.3 is 0 Å². The molecule has 0 unspecified atom stereocenters. The zero-order chi connectivity index (χ0) is 11.9. The largest absolute Gasteiger partial charge is 0.301 e. The van der Waals surface area contributed by atoms with Gasteiger partial charge in [-0.1, -0.05) is 46.6 Å². The molecule has 2 rings (SSSR count). The summed E-state index contributed by atoms with van der Waals surface area (Å²) in [4.78, 5) is 22.3. The molecule has 4 nitrogen and oxygen atoms in total. The number of nitrogens with one attached hydrogen (secondary N) is 1. The molecule has 0 aliphatic carbocycles. The summed E-state index contributed by atoms with van der Waals surface area (Å²) in [6, 6.07) is 0. The first kappa shape index (κ1) is 12.0. The molecule has 84 valence electrons. The van der Waals surface area contributed by atoms with Crippen molar-refractivity contribution < 1.29 is 0 Å². The highest BCUT2D eigenvalue weighted by atomic mass is 35.5. The van der Waals surface area contributed by atoms with Crippen molar-refractivity contribution in [1.29, 1.82) is 0 Å². The van der Waals surface area contributed by atoms with Gasteiger partial charge in [0.15, 0.2) is 16.0 Å². The van der Waals surface area contributed by atoms with E-state index < -0.39 is 0 Å². The Kier molecular flexibility index (Phi) is 3.30. The zero-order valence-electron chi connectivity index (χ0n) is 7.84. The number of halogens is 3. The summed E-state index contributed by atoms with van der Waals surface area (Å²) in [6.07, 6.45) is 1.78. The van der Waals surface area contributed by atoms with Gasteiger partial charge in [-0.3, -0.25) is 4.79 Å². The molecule has 0 aliphatic rings. The van der Waals surface area contributed by atoms with Gasteiger partial charge in [0.25, 0.3) is 5.56 Å². The molecule has 2 aromatic rings. The van der Waals surface area contributed by atoms with Crippen LogP contribution in [0.5, 0.6) is 0 Å². The zero-order valence-corrected chi connectivity index (χ0v) is 10.9. The second-order valence-electron chi connectivity index (χ2n) is 2.80. The van der Waals surface area contributed by atoms with Gasteiger partial charge in [0.05, 0.1) is 10.0 Å². The molecular weight excluding hydrogens is 293 g/mol. The maximum absolute atomic E-state index is 11.7. The van der Waals surface area contributed by atoms with Crippen LogP contribution in [0.15, 0.2) is 9.95 Å². The summed E-state index contributed by atoms with van der Waals surface area (Å²) in [5.74, 6) is 0. The summed E-state index contributed by atoms with van der Waals surface area (Å²) in [6.45, 7) is 0. The van der Waals surface area contributed by atoms with Crippen LogP contribution < -0.4 is 5.56 Å². The van der Waals surface area contributed by atoms with E-state index in [1.807, 2.05) is 0 Å². The molecule has 0 radical (unpaired) electrons.